The van der Waals surface area contributed by atoms with Gasteiger partial charge < -0.3 is 19.5 Å². The summed E-state index contributed by atoms with van der Waals surface area (Å²) in [5.74, 6) is -1.12. The molecule has 1 aliphatic rings. The quantitative estimate of drug-likeness (QED) is 0.210. The predicted molar refractivity (Wildman–Crippen MR) is 144 cm³/mol. The molecule has 210 valence electrons. The van der Waals surface area contributed by atoms with Gasteiger partial charge in [0.25, 0.3) is 11.7 Å². The van der Waals surface area contributed by atoms with E-state index in [1.807, 2.05) is 20.8 Å². The van der Waals surface area contributed by atoms with E-state index >= 15 is 0 Å². The number of benzene rings is 3. The summed E-state index contributed by atoms with van der Waals surface area (Å²) in [4.78, 5) is 27.9. The van der Waals surface area contributed by atoms with E-state index < -0.39 is 29.5 Å². The molecule has 1 unspecified atom stereocenters. The fourth-order valence-electron chi connectivity index (χ4n) is 4.82. The minimum Gasteiger partial charge on any atom is -0.507 e. The molecule has 4 rings (SSSR count). The Morgan fingerprint density at radius 3 is 2.17 bits per heavy atom. The number of nitrogens with zero attached hydrogens (tertiary/aromatic N) is 1. The van der Waals surface area contributed by atoms with Crippen molar-refractivity contribution in [3.63, 3.8) is 0 Å². The van der Waals surface area contributed by atoms with Crippen LogP contribution in [0.5, 0.6) is 11.5 Å². The van der Waals surface area contributed by atoms with Gasteiger partial charge >= 0.3 is 6.18 Å². The Bertz CT molecular complexity index is 1470. The van der Waals surface area contributed by atoms with E-state index in [4.69, 9.17) is 9.47 Å². The van der Waals surface area contributed by atoms with Gasteiger partial charge in [0.2, 0.25) is 0 Å². The van der Waals surface area contributed by atoms with Gasteiger partial charge in [-0.2, -0.15) is 13.2 Å². The Labute approximate surface area is 230 Å². The number of hydrogen-bond acceptors (Lipinski definition) is 5. The maximum Gasteiger partial charge on any atom is 0.416 e. The summed E-state index contributed by atoms with van der Waals surface area (Å²) in [6.07, 6.45) is -4.57. The number of alkyl halides is 3. The second kappa shape index (κ2) is 10.7. The summed E-state index contributed by atoms with van der Waals surface area (Å²) in [7, 11) is 3.03. The second-order valence-corrected chi connectivity index (χ2v) is 10.6. The zero-order chi connectivity index (χ0) is 29.4. The lowest BCUT2D eigenvalue weighted by Crippen LogP contribution is -2.29. The lowest BCUT2D eigenvalue weighted by molar-refractivity contribution is -0.140. The lowest BCUT2D eigenvalue weighted by atomic mass is 9.84. The van der Waals surface area contributed by atoms with E-state index in [2.05, 4.69) is 0 Å². The van der Waals surface area contributed by atoms with Crippen molar-refractivity contribution in [2.45, 2.75) is 44.9 Å². The van der Waals surface area contributed by atoms with Gasteiger partial charge in [-0.3, -0.25) is 9.59 Å². The monoisotopic (exact) mass is 553 g/mol. The number of amides is 1. The van der Waals surface area contributed by atoms with Crippen molar-refractivity contribution in [2.24, 2.45) is 0 Å². The molecule has 1 saturated heterocycles. The van der Waals surface area contributed by atoms with Gasteiger partial charge in [-0.15, -0.1) is 0 Å². The molecular formula is C31H30F3NO5. The van der Waals surface area contributed by atoms with E-state index in [-0.39, 0.29) is 28.9 Å². The predicted octanol–water partition coefficient (Wildman–Crippen LogP) is 6.64. The number of carbonyl (C=O) groups is 2. The molecule has 3 aromatic carbocycles. The van der Waals surface area contributed by atoms with Crippen LogP contribution in [0.3, 0.4) is 0 Å². The van der Waals surface area contributed by atoms with Crippen molar-refractivity contribution in [2.75, 3.05) is 14.2 Å². The zero-order valence-electron chi connectivity index (χ0n) is 22.8. The Kier molecular flexibility index (Phi) is 7.70. The molecule has 1 N–H and O–H groups in total. The highest BCUT2D eigenvalue weighted by molar-refractivity contribution is 6.46. The first-order valence-corrected chi connectivity index (χ1v) is 12.5. The number of Topliss-reactive ketones (excluding diaryl/α,β-unsaturated/α-hetero) is 1. The van der Waals surface area contributed by atoms with Crippen LogP contribution in [0.4, 0.5) is 13.2 Å². The number of rotatable bonds is 6. The number of halogens is 3. The van der Waals surface area contributed by atoms with Crippen molar-refractivity contribution < 1.29 is 37.3 Å². The summed E-state index contributed by atoms with van der Waals surface area (Å²) in [6.45, 7) is 5.64. The van der Waals surface area contributed by atoms with Gasteiger partial charge in [0, 0.05) is 17.7 Å². The molecule has 1 aliphatic heterocycles. The van der Waals surface area contributed by atoms with Crippen molar-refractivity contribution in [3.8, 4) is 11.5 Å². The Morgan fingerprint density at radius 1 is 0.925 bits per heavy atom. The number of hydrogen-bond donors (Lipinski definition) is 1. The van der Waals surface area contributed by atoms with Gasteiger partial charge in [0.1, 0.15) is 17.3 Å². The topological polar surface area (TPSA) is 76.1 Å². The van der Waals surface area contributed by atoms with Crippen LogP contribution in [0.1, 0.15) is 54.6 Å². The first-order chi connectivity index (χ1) is 18.8. The van der Waals surface area contributed by atoms with Crippen LogP contribution in [-0.2, 0) is 27.7 Å². The molecule has 1 amide bonds. The third-order valence-corrected chi connectivity index (χ3v) is 6.86. The number of carbonyl (C=O) groups excluding carboxylic acids is 2. The van der Waals surface area contributed by atoms with Crippen LogP contribution in [0.25, 0.3) is 5.76 Å². The normalized spacial score (nSPS) is 17.3. The summed E-state index contributed by atoms with van der Waals surface area (Å²) in [5, 5.41) is 11.5. The number of aliphatic hydroxyl groups is 1. The Morgan fingerprint density at radius 2 is 1.60 bits per heavy atom. The lowest BCUT2D eigenvalue weighted by Gasteiger charge is -2.26. The van der Waals surface area contributed by atoms with E-state index in [0.29, 0.717) is 22.6 Å². The Balaban J connectivity index is 1.88. The van der Waals surface area contributed by atoms with E-state index in [1.54, 1.807) is 42.5 Å². The fraction of sp³-hybridized carbons (Fsp3) is 0.290. The van der Waals surface area contributed by atoms with Crippen LogP contribution < -0.4 is 9.47 Å². The molecule has 1 atom stereocenters. The molecular weight excluding hydrogens is 523 g/mol. The van der Waals surface area contributed by atoms with Crippen LogP contribution in [0.2, 0.25) is 0 Å². The van der Waals surface area contributed by atoms with E-state index in [9.17, 15) is 27.9 Å². The first-order valence-electron chi connectivity index (χ1n) is 12.5. The highest BCUT2D eigenvalue weighted by atomic mass is 19.4. The molecule has 40 heavy (non-hydrogen) atoms. The minimum absolute atomic E-state index is 0.160. The number of likely N-dealkylation sites (tertiary alicyclic amines) is 1. The third-order valence-electron chi connectivity index (χ3n) is 6.86. The molecule has 1 heterocycles. The summed E-state index contributed by atoms with van der Waals surface area (Å²) < 4.78 is 50.8. The molecule has 0 radical (unpaired) electrons. The minimum atomic E-state index is -4.57. The number of ether oxygens (including phenoxy) is 2. The zero-order valence-corrected chi connectivity index (χ0v) is 22.8. The maximum absolute atomic E-state index is 13.4. The summed E-state index contributed by atoms with van der Waals surface area (Å²) in [5.41, 5.74) is 0.363. The number of ketones is 1. The van der Waals surface area contributed by atoms with Gasteiger partial charge in [-0.1, -0.05) is 45.0 Å². The molecule has 6 nitrogen and oxygen atoms in total. The summed E-state index contributed by atoms with van der Waals surface area (Å²) >= 11 is 0. The average molecular weight is 554 g/mol. The molecule has 9 heteroatoms. The molecule has 3 aromatic rings. The average Bonchev–Trinajstić information content (AvgIpc) is 3.16. The van der Waals surface area contributed by atoms with Gasteiger partial charge in [-0.25, -0.2) is 0 Å². The van der Waals surface area contributed by atoms with Crippen LogP contribution in [0.15, 0.2) is 72.3 Å². The van der Waals surface area contributed by atoms with Crippen molar-refractivity contribution >= 4 is 17.4 Å². The van der Waals surface area contributed by atoms with Crippen LogP contribution in [-0.4, -0.2) is 35.9 Å². The van der Waals surface area contributed by atoms with Gasteiger partial charge in [0.05, 0.1) is 31.4 Å². The van der Waals surface area contributed by atoms with E-state index in [0.717, 1.165) is 17.7 Å². The maximum atomic E-state index is 13.4. The van der Waals surface area contributed by atoms with Crippen molar-refractivity contribution in [1.82, 2.24) is 4.90 Å². The molecule has 0 aromatic heterocycles. The van der Waals surface area contributed by atoms with E-state index in [1.165, 1.54) is 31.3 Å². The first kappa shape index (κ1) is 28.7. The highest BCUT2D eigenvalue weighted by Crippen LogP contribution is 2.42. The second-order valence-electron chi connectivity index (χ2n) is 10.6. The van der Waals surface area contributed by atoms with Crippen LogP contribution >= 0.6 is 0 Å². The fourth-order valence-corrected chi connectivity index (χ4v) is 4.82. The largest absolute Gasteiger partial charge is 0.507 e. The smallest absolute Gasteiger partial charge is 0.416 e. The third kappa shape index (κ3) is 5.54. The molecule has 0 bridgehead atoms. The van der Waals surface area contributed by atoms with Gasteiger partial charge in [-0.05, 0) is 59.0 Å². The van der Waals surface area contributed by atoms with Crippen molar-refractivity contribution in [1.29, 1.82) is 0 Å². The number of methoxy groups -OCH3 is 2. The molecule has 0 saturated carbocycles. The molecule has 0 spiro atoms. The SMILES string of the molecule is COc1ccc(C2/C(=C(/O)c3ccc(OC)c(C(C)(C)C)c3)C(=O)C(=O)N2Cc2cccc(C(F)(F)F)c2)cc1. The standard InChI is InChI=1S/C31H30F3NO5/c1-30(2,3)23-16-20(11-14-24(23)40-5)27(36)25-26(19-9-12-22(39-4)13-10-19)35(29(38)28(25)37)17-18-7-6-8-21(15-18)31(32,33)34/h6-16,26,36H,17H2,1-5H3/b27-25-. The molecule has 1 fully saturated rings. The Hall–Kier alpha value is -4.27. The van der Waals surface area contributed by atoms with Gasteiger partial charge in [0.15, 0.2) is 0 Å². The highest BCUT2D eigenvalue weighted by Gasteiger charge is 2.46. The molecule has 0 aliphatic carbocycles. The summed E-state index contributed by atoms with van der Waals surface area (Å²) in [6, 6.07) is 15.1. The number of aliphatic hydroxyl groups excluding tert-OH is 1. The van der Waals surface area contributed by atoms with Crippen molar-refractivity contribution in [3.05, 3.63) is 100 Å². The van der Waals surface area contributed by atoms with Crippen LogP contribution in [0, 0.1) is 0 Å².